The first kappa shape index (κ1) is 15.0. The van der Waals surface area contributed by atoms with E-state index in [1.54, 1.807) is 12.1 Å². The first-order chi connectivity index (χ1) is 9.19. The van der Waals surface area contributed by atoms with Gasteiger partial charge in [-0.2, -0.15) is 0 Å². The largest absolute Gasteiger partial charge is 0.313 e. The maximum absolute atomic E-state index is 14.2. The van der Waals surface area contributed by atoms with Gasteiger partial charge < -0.3 is 5.32 Å². The van der Waals surface area contributed by atoms with Gasteiger partial charge in [0.15, 0.2) is 0 Å². The molecule has 0 amide bonds. The van der Waals surface area contributed by atoms with Crippen LogP contribution in [0.1, 0.15) is 50.6 Å². The summed E-state index contributed by atoms with van der Waals surface area (Å²) >= 11 is 3.52. The van der Waals surface area contributed by atoms with E-state index in [4.69, 9.17) is 0 Å². The van der Waals surface area contributed by atoms with Crippen molar-refractivity contribution < 1.29 is 4.39 Å². The van der Waals surface area contributed by atoms with Crippen molar-refractivity contribution in [3.05, 3.63) is 34.1 Å². The second-order valence-corrected chi connectivity index (χ2v) is 6.37. The van der Waals surface area contributed by atoms with E-state index in [9.17, 15) is 4.39 Å². The van der Waals surface area contributed by atoms with Crippen LogP contribution < -0.4 is 5.32 Å². The van der Waals surface area contributed by atoms with Crippen LogP contribution in [-0.4, -0.2) is 7.05 Å². The molecule has 0 spiro atoms. The second-order valence-electron chi connectivity index (χ2n) is 5.52. The molecule has 1 aliphatic carbocycles. The van der Waals surface area contributed by atoms with Crippen molar-refractivity contribution in [3.8, 4) is 0 Å². The molecule has 1 aliphatic rings. The quantitative estimate of drug-likeness (QED) is 0.814. The monoisotopic (exact) mass is 327 g/mol. The fraction of sp³-hybridized carbons (Fsp3) is 0.625. The number of hydrogen-bond donors (Lipinski definition) is 1. The van der Waals surface area contributed by atoms with Crippen LogP contribution in [0.15, 0.2) is 22.7 Å². The molecule has 1 N–H and O–H groups in total. The Labute approximate surface area is 124 Å². The lowest BCUT2D eigenvalue weighted by molar-refractivity contribution is 0.178. The number of benzene rings is 1. The lowest BCUT2D eigenvalue weighted by atomic mass is 9.72. The Bertz CT molecular complexity index is 401. The van der Waals surface area contributed by atoms with Crippen LogP contribution in [0.4, 0.5) is 4.39 Å². The molecular weight excluding hydrogens is 305 g/mol. The molecule has 19 heavy (non-hydrogen) atoms. The SMILES string of the molecule is CCC1CCCCC1C(NC)c1c(F)cccc1Br. The fourth-order valence-corrected chi connectivity index (χ4v) is 4.15. The maximum atomic E-state index is 14.2. The highest BCUT2D eigenvalue weighted by Gasteiger charge is 2.33. The van der Waals surface area contributed by atoms with Crippen molar-refractivity contribution in [2.45, 2.75) is 45.1 Å². The summed E-state index contributed by atoms with van der Waals surface area (Å²) in [6.07, 6.45) is 6.26. The third-order valence-electron chi connectivity index (χ3n) is 4.54. The highest BCUT2D eigenvalue weighted by atomic mass is 79.9. The summed E-state index contributed by atoms with van der Waals surface area (Å²) in [6, 6.07) is 5.37. The van der Waals surface area contributed by atoms with Gasteiger partial charge in [-0.3, -0.25) is 0 Å². The van der Waals surface area contributed by atoms with Gasteiger partial charge in [-0.25, -0.2) is 4.39 Å². The summed E-state index contributed by atoms with van der Waals surface area (Å²) in [4.78, 5) is 0. The van der Waals surface area contributed by atoms with E-state index in [2.05, 4.69) is 28.2 Å². The van der Waals surface area contributed by atoms with Crippen LogP contribution in [0.3, 0.4) is 0 Å². The van der Waals surface area contributed by atoms with Gasteiger partial charge >= 0.3 is 0 Å². The van der Waals surface area contributed by atoms with Crippen molar-refractivity contribution in [1.29, 1.82) is 0 Å². The van der Waals surface area contributed by atoms with E-state index in [1.807, 2.05) is 13.1 Å². The molecule has 1 fully saturated rings. The Morgan fingerprint density at radius 3 is 2.74 bits per heavy atom. The number of nitrogens with one attached hydrogen (secondary N) is 1. The standard InChI is InChI=1S/C16H23BrFN/c1-3-11-7-4-5-8-12(11)16(19-2)15-13(17)9-6-10-14(15)18/h6,9-12,16,19H,3-5,7-8H2,1-2H3. The summed E-state index contributed by atoms with van der Waals surface area (Å²) in [5, 5.41) is 3.36. The zero-order valence-corrected chi connectivity index (χ0v) is 13.3. The van der Waals surface area contributed by atoms with E-state index in [0.717, 1.165) is 10.0 Å². The van der Waals surface area contributed by atoms with Gasteiger partial charge in [0.25, 0.3) is 0 Å². The van der Waals surface area contributed by atoms with Gasteiger partial charge in [0.1, 0.15) is 5.82 Å². The van der Waals surface area contributed by atoms with E-state index >= 15 is 0 Å². The molecule has 1 nitrogen and oxygen atoms in total. The Hall–Kier alpha value is -0.410. The molecule has 0 aliphatic heterocycles. The van der Waals surface area contributed by atoms with Gasteiger partial charge in [-0.1, -0.05) is 54.6 Å². The van der Waals surface area contributed by atoms with Gasteiger partial charge in [0.2, 0.25) is 0 Å². The first-order valence-corrected chi connectivity index (χ1v) is 8.09. The van der Waals surface area contributed by atoms with Crippen molar-refractivity contribution >= 4 is 15.9 Å². The van der Waals surface area contributed by atoms with Gasteiger partial charge in [0.05, 0.1) is 0 Å². The lowest BCUT2D eigenvalue weighted by Crippen LogP contribution is -2.33. The maximum Gasteiger partial charge on any atom is 0.129 e. The minimum absolute atomic E-state index is 0.103. The van der Waals surface area contributed by atoms with Crippen LogP contribution >= 0.6 is 15.9 Å². The minimum Gasteiger partial charge on any atom is -0.313 e. The summed E-state index contributed by atoms with van der Waals surface area (Å²) in [6.45, 7) is 2.26. The first-order valence-electron chi connectivity index (χ1n) is 7.30. The van der Waals surface area contributed by atoms with E-state index < -0.39 is 0 Å². The second kappa shape index (κ2) is 6.85. The lowest BCUT2D eigenvalue weighted by Gasteiger charge is -2.37. The summed E-state index contributed by atoms with van der Waals surface area (Å²) in [5.41, 5.74) is 0.801. The third kappa shape index (κ3) is 3.19. The molecule has 0 heterocycles. The van der Waals surface area contributed by atoms with Crippen molar-refractivity contribution in [2.75, 3.05) is 7.05 Å². The van der Waals surface area contributed by atoms with E-state index in [1.165, 1.54) is 32.1 Å². The fourth-order valence-electron chi connectivity index (χ4n) is 3.56. The molecule has 2 rings (SSSR count). The highest BCUT2D eigenvalue weighted by Crippen LogP contribution is 2.42. The molecule has 3 unspecified atom stereocenters. The van der Waals surface area contributed by atoms with Gasteiger partial charge in [-0.05, 0) is 37.4 Å². The zero-order chi connectivity index (χ0) is 13.8. The average Bonchev–Trinajstić information content (AvgIpc) is 2.43. The predicted octanol–water partition coefficient (Wildman–Crippen LogP) is 5.07. The van der Waals surface area contributed by atoms with Crippen LogP contribution in [0.5, 0.6) is 0 Å². The van der Waals surface area contributed by atoms with Gasteiger partial charge in [0, 0.05) is 16.1 Å². The molecule has 3 atom stereocenters. The molecule has 1 aromatic carbocycles. The Kier molecular flexibility index (Phi) is 5.40. The number of hydrogen-bond acceptors (Lipinski definition) is 1. The van der Waals surface area contributed by atoms with Crippen LogP contribution in [-0.2, 0) is 0 Å². The smallest absolute Gasteiger partial charge is 0.129 e. The normalized spacial score (nSPS) is 25.3. The van der Waals surface area contributed by atoms with Crippen LogP contribution in [0.25, 0.3) is 0 Å². The molecular formula is C16H23BrFN. The summed E-state index contributed by atoms with van der Waals surface area (Å²) in [5.74, 6) is 1.14. The molecule has 1 saturated carbocycles. The molecule has 3 heteroatoms. The number of rotatable bonds is 4. The van der Waals surface area contributed by atoms with Crippen LogP contribution in [0.2, 0.25) is 0 Å². The van der Waals surface area contributed by atoms with E-state index in [0.29, 0.717) is 11.8 Å². The summed E-state index contributed by atoms with van der Waals surface area (Å²) < 4.78 is 15.1. The molecule has 0 saturated heterocycles. The topological polar surface area (TPSA) is 12.0 Å². The number of halogens is 2. The Morgan fingerprint density at radius 1 is 1.37 bits per heavy atom. The van der Waals surface area contributed by atoms with Crippen molar-refractivity contribution in [3.63, 3.8) is 0 Å². The molecule has 0 aromatic heterocycles. The molecule has 1 aromatic rings. The zero-order valence-electron chi connectivity index (χ0n) is 11.8. The Morgan fingerprint density at radius 2 is 2.11 bits per heavy atom. The van der Waals surface area contributed by atoms with Crippen LogP contribution in [0, 0.1) is 17.7 Å². The minimum atomic E-state index is -0.103. The third-order valence-corrected chi connectivity index (χ3v) is 5.23. The highest BCUT2D eigenvalue weighted by molar-refractivity contribution is 9.10. The average molecular weight is 328 g/mol. The van der Waals surface area contributed by atoms with Gasteiger partial charge in [-0.15, -0.1) is 0 Å². The van der Waals surface area contributed by atoms with Crippen molar-refractivity contribution in [2.24, 2.45) is 11.8 Å². The molecule has 106 valence electrons. The Balaban J connectivity index is 2.33. The van der Waals surface area contributed by atoms with E-state index in [-0.39, 0.29) is 11.9 Å². The molecule has 0 bridgehead atoms. The summed E-state index contributed by atoms with van der Waals surface area (Å²) in [7, 11) is 1.95. The molecule has 0 radical (unpaired) electrons. The predicted molar refractivity (Wildman–Crippen MR) is 81.6 cm³/mol. The van der Waals surface area contributed by atoms with Crippen molar-refractivity contribution in [1.82, 2.24) is 5.32 Å².